The van der Waals surface area contributed by atoms with Crippen molar-refractivity contribution in [2.75, 3.05) is 4.43 Å². The molecule has 0 spiro atoms. The molecule has 0 saturated heterocycles. The van der Waals surface area contributed by atoms with E-state index in [0.29, 0.717) is 5.92 Å². The molecule has 0 heterocycles. The summed E-state index contributed by atoms with van der Waals surface area (Å²) >= 11 is 2.41. The van der Waals surface area contributed by atoms with Crippen LogP contribution < -0.4 is 0 Å². The molecule has 0 N–H and O–H groups in total. The van der Waals surface area contributed by atoms with Gasteiger partial charge in [0.1, 0.15) is 0 Å². The Kier molecular flexibility index (Phi) is 4.98. The highest BCUT2D eigenvalue weighted by molar-refractivity contribution is 14.1. The quantitative estimate of drug-likeness (QED) is 0.326. The lowest BCUT2D eigenvalue weighted by atomic mass is 9.80. The third-order valence-electron chi connectivity index (χ3n) is 5.86. The van der Waals surface area contributed by atoms with E-state index in [9.17, 15) is 0 Å². The van der Waals surface area contributed by atoms with Crippen LogP contribution in [0.4, 0.5) is 0 Å². The molecule has 0 aromatic heterocycles. The van der Waals surface area contributed by atoms with Crippen molar-refractivity contribution in [2.24, 2.45) is 5.92 Å². The van der Waals surface area contributed by atoms with Crippen LogP contribution in [0.15, 0.2) is 84.5 Å². The second-order valence-electron chi connectivity index (χ2n) is 7.89. The molecule has 1 unspecified atom stereocenters. The minimum atomic E-state index is 0.0403. The van der Waals surface area contributed by atoms with Gasteiger partial charge in [0.2, 0.25) is 0 Å². The highest BCUT2D eigenvalue weighted by Crippen LogP contribution is 2.49. The highest BCUT2D eigenvalue weighted by atomic mass is 127. The standard InChI is InChI=1S/C26H25I/c1-18-9-4-5-10-20(18)21(12-8-16-27)19-14-15-23-22-11-6-7-13-24(22)26(2,3)25(23)17-19/h4-15,17-18H,16H2,1-3H3/b12-8-,21-20+. The normalized spacial score (nSPS) is 21.4. The van der Waals surface area contributed by atoms with Crippen LogP contribution in [0.1, 0.15) is 37.5 Å². The molecule has 2 aromatic rings. The zero-order chi connectivity index (χ0) is 19.0. The number of halogens is 1. The summed E-state index contributed by atoms with van der Waals surface area (Å²) in [6, 6.07) is 15.9. The maximum Gasteiger partial charge on any atom is 0.0179 e. The van der Waals surface area contributed by atoms with E-state index in [-0.39, 0.29) is 5.41 Å². The van der Waals surface area contributed by atoms with Crippen molar-refractivity contribution in [3.05, 3.63) is 101 Å². The van der Waals surface area contributed by atoms with Crippen molar-refractivity contribution in [1.82, 2.24) is 0 Å². The molecular formula is C26H25I. The Morgan fingerprint density at radius 3 is 2.59 bits per heavy atom. The summed E-state index contributed by atoms with van der Waals surface area (Å²) in [5.41, 5.74) is 9.73. The lowest BCUT2D eigenvalue weighted by Gasteiger charge is -2.23. The van der Waals surface area contributed by atoms with E-state index in [0.717, 1.165) is 4.43 Å². The molecule has 0 fully saturated rings. The second-order valence-corrected chi connectivity index (χ2v) is 8.77. The Labute approximate surface area is 176 Å². The van der Waals surface area contributed by atoms with Gasteiger partial charge in [0.25, 0.3) is 0 Å². The first-order chi connectivity index (χ1) is 13.0. The summed E-state index contributed by atoms with van der Waals surface area (Å²) in [6.45, 7) is 6.97. The third kappa shape index (κ3) is 3.16. The predicted molar refractivity (Wildman–Crippen MR) is 126 cm³/mol. The minimum Gasteiger partial charge on any atom is -0.0818 e. The number of hydrogen-bond donors (Lipinski definition) is 0. The average Bonchev–Trinajstić information content (AvgIpc) is 2.91. The molecule has 0 saturated carbocycles. The number of alkyl halides is 1. The van der Waals surface area contributed by atoms with Crippen molar-refractivity contribution in [3.8, 4) is 11.1 Å². The maximum atomic E-state index is 2.42. The molecule has 1 heteroatoms. The van der Waals surface area contributed by atoms with Crippen LogP contribution in [0.5, 0.6) is 0 Å². The number of allylic oxidation sites excluding steroid dienone is 8. The highest BCUT2D eigenvalue weighted by Gasteiger charge is 2.35. The smallest absolute Gasteiger partial charge is 0.0179 e. The molecule has 2 aliphatic rings. The lowest BCUT2D eigenvalue weighted by molar-refractivity contribution is 0.660. The van der Waals surface area contributed by atoms with Gasteiger partial charge in [0, 0.05) is 9.84 Å². The Morgan fingerprint density at radius 2 is 1.81 bits per heavy atom. The van der Waals surface area contributed by atoms with Gasteiger partial charge in [-0.25, -0.2) is 0 Å². The number of hydrogen-bond acceptors (Lipinski definition) is 0. The van der Waals surface area contributed by atoms with Crippen LogP contribution in [0.2, 0.25) is 0 Å². The summed E-state index contributed by atoms with van der Waals surface area (Å²) in [7, 11) is 0. The van der Waals surface area contributed by atoms with E-state index in [1.165, 1.54) is 39.0 Å². The summed E-state index contributed by atoms with van der Waals surface area (Å²) in [5.74, 6) is 0.433. The average molecular weight is 464 g/mol. The summed E-state index contributed by atoms with van der Waals surface area (Å²) < 4.78 is 1.02. The maximum absolute atomic E-state index is 2.42. The van der Waals surface area contributed by atoms with Crippen LogP contribution in [0.25, 0.3) is 16.7 Å². The van der Waals surface area contributed by atoms with Gasteiger partial charge in [-0.3, -0.25) is 0 Å². The molecule has 27 heavy (non-hydrogen) atoms. The molecule has 0 bridgehead atoms. The largest absolute Gasteiger partial charge is 0.0818 e. The molecule has 1 atom stereocenters. The van der Waals surface area contributed by atoms with E-state index in [2.05, 4.69) is 122 Å². The van der Waals surface area contributed by atoms with Gasteiger partial charge < -0.3 is 0 Å². The Morgan fingerprint density at radius 1 is 1.04 bits per heavy atom. The monoisotopic (exact) mass is 464 g/mol. The van der Waals surface area contributed by atoms with E-state index < -0.39 is 0 Å². The van der Waals surface area contributed by atoms with Crippen molar-refractivity contribution in [2.45, 2.75) is 26.2 Å². The lowest BCUT2D eigenvalue weighted by Crippen LogP contribution is -2.15. The van der Waals surface area contributed by atoms with Crippen LogP contribution in [0.3, 0.4) is 0 Å². The molecule has 0 nitrogen and oxygen atoms in total. The Balaban J connectivity index is 1.90. The van der Waals surface area contributed by atoms with Crippen molar-refractivity contribution in [3.63, 3.8) is 0 Å². The Bertz CT molecular complexity index is 999. The van der Waals surface area contributed by atoms with Crippen molar-refractivity contribution >= 4 is 28.2 Å². The van der Waals surface area contributed by atoms with Gasteiger partial charge in [-0.15, -0.1) is 0 Å². The van der Waals surface area contributed by atoms with E-state index >= 15 is 0 Å². The first kappa shape index (κ1) is 18.5. The number of benzene rings is 2. The van der Waals surface area contributed by atoms with Crippen molar-refractivity contribution in [1.29, 1.82) is 0 Å². The van der Waals surface area contributed by atoms with Crippen molar-refractivity contribution < 1.29 is 0 Å². The summed E-state index contributed by atoms with van der Waals surface area (Å²) in [4.78, 5) is 0. The zero-order valence-electron chi connectivity index (χ0n) is 16.2. The van der Waals surface area contributed by atoms with Gasteiger partial charge in [0.05, 0.1) is 0 Å². The van der Waals surface area contributed by atoms with Gasteiger partial charge in [0.15, 0.2) is 0 Å². The minimum absolute atomic E-state index is 0.0403. The third-order valence-corrected chi connectivity index (χ3v) is 6.36. The first-order valence-corrected chi connectivity index (χ1v) is 11.1. The van der Waals surface area contributed by atoms with Crippen LogP contribution in [-0.4, -0.2) is 4.43 Å². The molecule has 0 aliphatic heterocycles. The van der Waals surface area contributed by atoms with Gasteiger partial charge in [-0.2, -0.15) is 0 Å². The summed E-state index contributed by atoms with van der Waals surface area (Å²) in [6.07, 6.45) is 13.4. The Hall–Kier alpha value is -1.87. The summed E-state index contributed by atoms with van der Waals surface area (Å²) in [5, 5.41) is 0. The van der Waals surface area contributed by atoms with Gasteiger partial charge in [-0.05, 0) is 50.9 Å². The first-order valence-electron chi connectivity index (χ1n) is 9.60. The van der Waals surface area contributed by atoms with Crippen LogP contribution in [0, 0.1) is 5.92 Å². The van der Waals surface area contributed by atoms with E-state index in [1.54, 1.807) is 0 Å². The second kappa shape index (κ2) is 7.27. The molecule has 2 aromatic carbocycles. The van der Waals surface area contributed by atoms with Gasteiger partial charge >= 0.3 is 0 Å². The molecule has 0 radical (unpaired) electrons. The fourth-order valence-electron chi connectivity index (χ4n) is 4.37. The molecule has 4 rings (SSSR count). The van der Waals surface area contributed by atoms with Crippen LogP contribution in [-0.2, 0) is 5.41 Å². The number of fused-ring (bicyclic) bond motifs is 3. The molecule has 0 amide bonds. The van der Waals surface area contributed by atoms with E-state index in [1.807, 2.05) is 0 Å². The molecule has 136 valence electrons. The topological polar surface area (TPSA) is 0 Å². The fourth-order valence-corrected chi connectivity index (χ4v) is 4.63. The fraction of sp³-hybridized carbons (Fsp3) is 0.231. The van der Waals surface area contributed by atoms with Gasteiger partial charge in [-0.1, -0.05) is 116 Å². The molecule has 2 aliphatic carbocycles. The SMILES string of the molecule is CC1C=CC=C/C1=C(/C=C\CI)c1ccc2c(c1)C(C)(C)c1ccccc1-2. The van der Waals surface area contributed by atoms with E-state index in [4.69, 9.17) is 0 Å². The zero-order valence-corrected chi connectivity index (χ0v) is 18.3. The predicted octanol–water partition coefficient (Wildman–Crippen LogP) is 7.50. The number of rotatable bonds is 3. The molecular weight excluding hydrogens is 439 g/mol. The van der Waals surface area contributed by atoms with Crippen LogP contribution >= 0.6 is 22.6 Å².